The Balaban J connectivity index is 2.02. The number of benzene rings is 1. The van der Waals surface area contributed by atoms with E-state index in [4.69, 9.17) is 14.3 Å². The molecule has 1 N–H and O–H groups in total. The van der Waals surface area contributed by atoms with Gasteiger partial charge in [0.25, 0.3) is 0 Å². The fourth-order valence-electron chi connectivity index (χ4n) is 1.33. The smallest absolute Gasteiger partial charge is 0.167 e. The first-order valence-electron chi connectivity index (χ1n) is 4.95. The summed E-state index contributed by atoms with van der Waals surface area (Å²) in [7, 11) is 0. The molecule has 90 valence electrons. The molecule has 0 saturated carbocycles. The summed E-state index contributed by atoms with van der Waals surface area (Å²) in [6, 6.07) is 6.28. The second-order valence-electron chi connectivity index (χ2n) is 3.39. The van der Waals surface area contributed by atoms with E-state index in [0.717, 1.165) is 12.1 Å². The molecule has 0 amide bonds. The standard InChI is InChI=1S/C12H10F2O3/c13-8-1-4-12(11(14)5-8)16-7-10-3-2-9(6-15)17-10/h1-5,15H,6-7H2. The Labute approximate surface area is 96.3 Å². The second kappa shape index (κ2) is 4.97. The van der Waals surface area contributed by atoms with Crippen molar-refractivity contribution in [3.05, 3.63) is 53.5 Å². The average Bonchev–Trinajstić information content (AvgIpc) is 2.76. The van der Waals surface area contributed by atoms with E-state index in [1.807, 2.05) is 0 Å². The van der Waals surface area contributed by atoms with Crippen LogP contribution in [-0.4, -0.2) is 5.11 Å². The van der Waals surface area contributed by atoms with E-state index in [1.54, 1.807) is 12.1 Å². The van der Waals surface area contributed by atoms with Gasteiger partial charge in [0.1, 0.15) is 30.6 Å². The van der Waals surface area contributed by atoms with Gasteiger partial charge in [-0.2, -0.15) is 0 Å². The van der Waals surface area contributed by atoms with Crippen LogP contribution in [-0.2, 0) is 13.2 Å². The zero-order valence-corrected chi connectivity index (χ0v) is 8.82. The SMILES string of the molecule is OCc1ccc(COc2ccc(F)cc2F)o1. The molecule has 5 heteroatoms. The molecule has 1 heterocycles. The molecule has 3 nitrogen and oxygen atoms in total. The first kappa shape index (κ1) is 11.6. The largest absolute Gasteiger partial charge is 0.483 e. The van der Waals surface area contributed by atoms with Gasteiger partial charge in [0.2, 0.25) is 0 Å². The highest BCUT2D eigenvalue weighted by molar-refractivity contribution is 5.24. The van der Waals surface area contributed by atoms with Crippen molar-refractivity contribution in [1.29, 1.82) is 0 Å². The number of halogens is 2. The molecule has 17 heavy (non-hydrogen) atoms. The van der Waals surface area contributed by atoms with Crippen LogP contribution < -0.4 is 4.74 Å². The summed E-state index contributed by atoms with van der Waals surface area (Å²) >= 11 is 0. The van der Waals surface area contributed by atoms with Crippen LogP contribution in [0.2, 0.25) is 0 Å². The predicted octanol–water partition coefficient (Wildman–Crippen LogP) is 2.63. The molecule has 0 aliphatic carbocycles. The van der Waals surface area contributed by atoms with E-state index in [9.17, 15) is 8.78 Å². The molecule has 0 saturated heterocycles. The van der Waals surface area contributed by atoms with Gasteiger partial charge >= 0.3 is 0 Å². The van der Waals surface area contributed by atoms with Crippen molar-refractivity contribution in [3.63, 3.8) is 0 Å². The molecule has 0 aliphatic rings. The molecule has 2 aromatic rings. The fraction of sp³-hybridized carbons (Fsp3) is 0.167. The topological polar surface area (TPSA) is 42.6 Å². The quantitative estimate of drug-likeness (QED) is 0.893. The molecule has 0 fully saturated rings. The van der Waals surface area contributed by atoms with Gasteiger partial charge in [0.15, 0.2) is 11.6 Å². The zero-order chi connectivity index (χ0) is 12.3. The van der Waals surface area contributed by atoms with Crippen molar-refractivity contribution < 1.29 is 23.0 Å². The number of aliphatic hydroxyl groups is 1. The van der Waals surface area contributed by atoms with Crippen LogP contribution in [0, 0.1) is 11.6 Å². The summed E-state index contributed by atoms with van der Waals surface area (Å²) in [5.41, 5.74) is 0. The zero-order valence-electron chi connectivity index (χ0n) is 8.82. The minimum Gasteiger partial charge on any atom is -0.483 e. The molecular weight excluding hydrogens is 230 g/mol. The normalized spacial score (nSPS) is 10.5. The van der Waals surface area contributed by atoms with E-state index < -0.39 is 11.6 Å². The van der Waals surface area contributed by atoms with Gasteiger partial charge in [-0.05, 0) is 24.3 Å². The Morgan fingerprint density at radius 1 is 1.12 bits per heavy atom. The number of aliphatic hydroxyl groups excluding tert-OH is 1. The highest BCUT2D eigenvalue weighted by atomic mass is 19.1. The summed E-state index contributed by atoms with van der Waals surface area (Å²) in [5.74, 6) is -0.608. The van der Waals surface area contributed by atoms with Crippen LogP contribution in [0.5, 0.6) is 5.75 Å². The number of rotatable bonds is 4. The summed E-state index contributed by atoms with van der Waals surface area (Å²) in [5, 5.41) is 8.77. The molecule has 0 aliphatic heterocycles. The van der Waals surface area contributed by atoms with Crippen LogP contribution in [0.4, 0.5) is 8.78 Å². The predicted molar refractivity (Wildman–Crippen MR) is 55.3 cm³/mol. The average molecular weight is 240 g/mol. The minimum atomic E-state index is -0.765. The molecule has 0 spiro atoms. The van der Waals surface area contributed by atoms with Gasteiger partial charge in [0, 0.05) is 6.07 Å². The fourth-order valence-corrected chi connectivity index (χ4v) is 1.33. The summed E-state index contributed by atoms with van der Waals surface area (Å²) in [6.07, 6.45) is 0. The highest BCUT2D eigenvalue weighted by Gasteiger charge is 2.07. The van der Waals surface area contributed by atoms with Crippen molar-refractivity contribution in [1.82, 2.24) is 0 Å². The van der Waals surface area contributed by atoms with Gasteiger partial charge in [-0.15, -0.1) is 0 Å². The van der Waals surface area contributed by atoms with Crippen LogP contribution in [0.15, 0.2) is 34.7 Å². The van der Waals surface area contributed by atoms with Gasteiger partial charge in [0.05, 0.1) is 0 Å². The third-order valence-corrected chi connectivity index (χ3v) is 2.14. The van der Waals surface area contributed by atoms with E-state index >= 15 is 0 Å². The lowest BCUT2D eigenvalue weighted by molar-refractivity contribution is 0.221. The molecule has 0 radical (unpaired) electrons. The van der Waals surface area contributed by atoms with Crippen molar-refractivity contribution in [3.8, 4) is 5.75 Å². The van der Waals surface area contributed by atoms with E-state index in [2.05, 4.69) is 0 Å². The van der Waals surface area contributed by atoms with Crippen molar-refractivity contribution >= 4 is 0 Å². The number of ether oxygens (including phenoxy) is 1. The summed E-state index contributed by atoms with van der Waals surface area (Å²) < 4.78 is 36.1. The Hall–Kier alpha value is -1.88. The Bertz CT molecular complexity index is 508. The van der Waals surface area contributed by atoms with Crippen molar-refractivity contribution in [2.75, 3.05) is 0 Å². The lowest BCUT2D eigenvalue weighted by Gasteiger charge is -2.05. The molecule has 0 atom stereocenters. The molecular formula is C12H10F2O3. The van der Waals surface area contributed by atoms with Crippen LogP contribution in [0.25, 0.3) is 0 Å². The minimum absolute atomic E-state index is 0.0164. The molecule has 2 rings (SSSR count). The highest BCUT2D eigenvalue weighted by Crippen LogP contribution is 2.19. The van der Waals surface area contributed by atoms with Gasteiger partial charge in [-0.25, -0.2) is 8.78 Å². The van der Waals surface area contributed by atoms with Crippen LogP contribution in [0.3, 0.4) is 0 Å². The maximum atomic E-state index is 13.2. The van der Waals surface area contributed by atoms with E-state index in [0.29, 0.717) is 11.5 Å². The third kappa shape index (κ3) is 2.82. The molecule has 1 aromatic heterocycles. The number of hydrogen-bond donors (Lipinski definition) is 1. The Morgan fingerprint density at radius 3 is 2.53 bits per heavy atom. The molecule has 0 bridgehead atoms. The first-order chi connectivity index (χ1) is 8.19. The monoisotopic (exact) mass is 240 g/mol. The number of hydrogen-bond acceptors (Lipinski definition) is 3. The lowest BCUT2D eigenvalue weighted by atomic mass is 10.3. The maximum Gasteiger partial charge on any atom is 0.167 e. The third-order valence-electron chi connectivity index (χ3n) is 2.14. The second-order valence-corrected chi connectivity index (χ2v) is 3.39. The Kier molecular flexibility index (Phi) is 3.39. The van der Waals surface area contributed by atoms with Gasteiger partial charge in [-0.3, -0.25) is 0 Å². The maximum absolute atomic E-state index is 13.2. The molecule has 1 aromatic carbocycles. The summed E-state index contributed by atoms with van der Waals surface area (Å²) in [4.78, 5) is 0. The lowest BCUT2D eigenvalue weighted by Crippen LogP contribution is -1.96. The van der Waals surface area contributed by atoms with E-state index in [1.165, 1.54) is 6.07 Å². The van der Waals surface area contributed by atoms with Crippen molar-refractivity contribution in [2.45, 2.75) is 13.2 Å². The van der Waals surface area contributed by atoms with Crippen LogP contribution >= 0.6 is 0 Å². The van der Waals surface area contributed by atoms with Crippen molar-refractivity contribution in [2.24, 2.45) is 0 Å². The van der Waals surface area contributed by atoms with Gasteiger partial charge < -0.3 is 14.3 Å². The number of furan rings is 1. The van der Waals surface area contributed by atoms with E-state index in [-0.39, 0.29) is 19.0 Å². The van der Waals surface area contributed by atoms with Gasteiger partial charge in [-0.1, -0.05) is 0 Å². The van der Waals surface area contributed by atoms with Crippen LogP contribution in [0.1, 0.15) is 11.5 Å². The molecule has 0 unspecified atom stereocenters. The summed E-state index contributed by atoms with van der Waals surface area (Å²) in [6.45, 7) is -0.187. The first-order valence-corrected chi connectivity index (χ1v) is 4.95. The Morgan fingerprint density at radius 2 is 1.88 bits per heavy atom.